The molecule has 7 nitrogen and oxygen atoms in total. The third kappa shape index (κ3) is 5.72. The molecule has 0 amide bonds. The van der Waals surface area contributed by atoms with Crippen molar-refractivity contribution >= 4 is 49.7 Å². The number of fused-ring (bicyclic) bond motifs is 6. The van der Waals surface area contributed by atoms with Crippen LogP contribution in [-0.2, 0) is 0 Å². The molecule has 0 atom stereocenters. The Morgan fingerprint density at radius 1 is 0.679 bits per heavy atom. The maximum atomic E-state index is 9.96. The van der Waals surface area contributed by atoms with Crippen molar-refractivity contribution in [3.63, 3.8) is 0 Å². The third-order valence-electron chi connectivity index (χ3n) is 10.9. The summed E-state index contributed by atoms with van der Waals surface area (Å²) in [5.74, 6) is 1.32. The van der Waals surface area contributed by atoms with Crippen LogP contribution in [0.2, 0.25) is 0 Å². The van der Waals surface area contributed by atoms with Gasteiger partial charge >= 0.3 is 0 Å². The number of nitriles is 1. The summed E-state index contributed by atoms with van der Waals surface area (Å²) < 4.78 is 14.9. The molecule has 9 aromatic rings. The van der Waals surface area contributed by atoms with E-state index in [9.17, 15) is 5.26 Å². The quantitative estimate of drug-likeness (QED) is 0.152. The smallest absolute Gasteiger partial charge is 0.187 e. The lowest BCUT2D eigenvalue weighted by atomic mass is 9.88. The van der Waals surface area contributed by atoms with Crippen LogP contribution in [0.15, 0.2) is 118 Å². The lowest BCUT2D eigenvalue weighted by molar-refractivity contribution is 0.668. The highest BCUT2D eigenvalue weighted by atomic mass is 16.3. The third-order valence-corrected chi connectivity index (χ3v) is 10.9. The Morgan fingerprint density at radius 2 is 1.34 bits per heavy atom. The minimum absolute atomic E-state index is 0.134. The summed E-state index contributed by atoms with van der Waals surface area (Å²) in [5, 5.41) is 13.2. The van der Waals surface area contributed by atoms with E-state index in [-0.39, 0.29) is 11.8 Å². The van der Waals surface area contributed by atoms with E-state index in [1.807, 2.05) is 47.3 Å². The molecule has 9 rings (SSSR count). The molecule has 5 aromatic carbocycles. The number of aromatic nitrogens is 3. The highest BCUT2D eigenvalue weighted by Crippen LogP contribution is 2.42. The highest BCUT2D eigenvalue weighted by molar-refractivity contribution is 6.10. The monoisotopic (exact) mass is 729 g/mol. The van der Waals surface area contributed by atoms with Gasteiger partial charge in [-0.1, -0.05) is 77.9 Å². The zero-order valence-corrected chi connectivity index (χ0v) is 32.2. The Bertz CT molecular complexity index is 3080. The average Bonchev–Trinajstić information content (AvgIpc) is 3.93. The standard InChI is InChI=1S/C49H39N5O2/c1-27(2)30-11-14-43-40(20-30)41-21-31(12-15-44(41)55-43)32-13-16-45-42(22-32)46-48(56-45)37(17-18-52-46)34-23-38(28(3)4)47(39(24-34)29(5)6)54-26-36(25-50)53-49(54)33-9-8-10-35(19-33)51-7/h8-24,26-29H,1-6H3. The molecule has 0 spiro atoms. The summed E-state index contributed by atoms with van der Waals surface area (Å²) in [6.45, 7) is 20.8. The first-order valence-corrected chi connectivity index (χ1v) is 19.1. The predicted molar refractivity (Wildman–Crippen MR) is 225 cm³/mol. The van der Waals surface area contributed by atoms with Gasteiger partial charge in [0.25, 0.3) is 0 Å². The van der Waals surface area contributed by atoms with Crippen molar-refractivity contribution in [1.29, 1.82) is 5.26 Å². The summed E-state index contributed by atoms with van der Waals surface area (Å²) in [6.07, 6.45) is 3.68. The van der Waals surface area contributed by atoms with Gasteiger partial charge in [-0.3, -0.25) is 9.55 Å². The zero-order valence-electron chi connectivity index (χ0n) is 32.2. The summed E-state index contributed by atoms with van der Waals surface area (Å²) in [6, 6.07) is 35.4. The maximum Gasteiger partial charge on any atom is 0.187 e. The summed E-state index contributed by atoms with van der Waals surface area (Å²) in [7, 11) is 0. The Morgan fingerprint density at radius 3 is 2.00 bits per heavy atom. The maximum absolute atomic E-state index is 9.96. The van der Waals surface area contributed by atoms with Crippen LogP contribution in [0.1, 0.15) is 81.7 Å². The number of hydrogen-bond donors (Lipinski definition) is 0. The van der Waals surface area contributed by atoms with E-state index in [1.165, 1.54) is 5.56 Å². The number of pyridine rings is 1. The van der Waals surface area contributed by atoms with Crippen molar-refractivity contribution in [1.82, 2.24) is 14.5 Å². The second kappa shape index (κ2) is 13.4. The molecule has 0 bridgehead atoms. The van der Waals surface area contributed by atoms with Crippen molar-refractivity contribution < 1.29 is 8.83 Å². The van der Waals surface area contributed by atoms with Crippen molar-refractivity contribution in [3.05, 3.63) is 143 Å². The second-order valence-electron chi connectivity index (χ2n) is 15.5. The van der Waals surface area contributed by atoms with Crippen LogP contribution in [0.25, 0.3) is 88.2 Å². The van der Waals surface area contributed by atoms with E-state index < -0.39 is 0 Å². The van der Waals surface area contributed by atoms with Gasteiger partial charge in [-0.05, 0) is 112 Å². The van der Waals surface area contributed by atoms with Crippen LogP contribution < -0.4 is 0 Å². The first-order chi connectivity index (χ1) is 27.1. The Kier molecular flexibility index (Phi) is 8.33. The van der Waals surface area contributed by atoms with Crippen LogP contribution in [0.3, 0.4) is 0 Å². The molecule has 0 saturated heterocycles. The molecule has 0 aliphatic heterocycles. The van der Waals surface area contributed by atoms with Crippen molar-refractivity contribution in [3.8, 4) is 45.4 Å². The van der Waals surface area contributed by atoms with Crippen molar-refractivity contribution in [2.24, 2.45) is 0 Å². The zero-order chi connectivity index (χ0) is 38.8. The van der Waals surface area contributed by atoms with E-state index >= 15 is 0 Å². The average molecular weight is 730 g/mol. The number of rotatable bonds is 7. The van der Waals surface area contributed by atoms with Gasteiger partial charge in [0, 0.05) is 39.7 Å². The molecule has 0 fully saturated rings. The number of furan rings is 2. The molecule has 56 heavy (non-hydrogen) atoms. The van der Waals surface area contributed by atoms with E-state index in [1.54, 1.807) is 6.07 Å². The molecule has 4 heterocycles. The minimum Gasteiger partial charge on any atom is -0.456 e. The van der Waals surface area contributed by atoms with Crippen LogP contribution in [-0.4, -0.2) is 14.5 Å². The minimum atomic E-state index is 0.134. The molecule has 0 unspecified atom stereocenters. The van der Waals surface area contributed by atoms with E-state index in [0.29, 0.717) is 23.1 Å². The lowest BCUT2D eigenvalue weighted by Crippen LogP contribution is -2.08. The fraction of sp³-hybridized carbons (Fsp3) is 0.184. The Hall–Kier alpha value is -6.96. The first kappa shape index (κ1) is 34.8. The molecule has 272 valence electrons. The van der Waals surface area contributed by atoms with E-state index in [4.69, 9.17) is 25.4 Å². The predicted octanol–water partition coefficient (Wildman–Crippen LogP) is 13.9. The van der Waals surface area contributed by atoms with Crippen LogP contribution >= 0.6 is 0 Å². The second-order valence-corrected chi connectivity index (χ2v) is 15.5. The Labute approximate surface area is 325 Å². The van der Waals surface area contributed by atoms with Crippen LogP contribution in [0.5, 0.6) is 0 Å². The molecule has 4 aromatic heterocycles. The molecule has 0 aliphatic rings. The van der Waals surface area contributed by atoms with Crippen molar-refractivity contribution in [2.75, 3.05) is 0 Å². The van der Waals surface area contributed by atoms with Gasteiger partial charge in [-0.25, -0.2) is 9.83 Å². The number of benzene rings is 5. The summed E-state index contributed by atoms with van der Waals surface area (Å²) >= 11 is 0. The molecule has 0 radical (unpaired) electrons. The molecule has 0 aliphatic carbocycles. The highest BCUT2D eigenvalue weighted by Gasteiger charge is 2.24. The van der Waals surface area contributed by atoms with E-state index in [2.05, 4.69) is 113 Å². The van der Waals surface area contributed by atoms with Crippen molar-refractivity contribution in [2.45, 2.75) is 59.3 Å². The Balaban J connectivity index is 1.19. The SMILES string of the molecule is [C-]#[N+]c1cccc(-c2nc(C#N)cn2-c2c(C(C)C)cc(-c3ccnc4c3oc3ccc(-c5ccc6oc7ccc(C(C)C)cc7c6c5)cc34)cc2C(C)C)c1. The first-order valence-electron chi connectivity index (χ1n) is 19.1. The molecule has 7 heteroatoms. The van der Waals surface area contributed by atoms with E-state index in [0.717, 1.165) is 88.6 Å². The molecular formula is C49H39N5O2. The fourth-order valence-electron chi connectivity index (χ4n) is 7.91. The van der Waals surface area contributed by atoms with Gasteiger partial charge in [0.1, 0.15) is 34.2 Å². The summed E-state index contributed by atoms with van der Waals surface area (Å²) in [4.78, 5) is 13.3. The lowest BCUT2D eigenvalue weighted by Gasteiger charge is -2.23. The van der Waals surface area contributed by atoms with Crippen LogP contribution in [0.4, 0.5) is 5.69 Å². The number of hydrogen-bond acceptors (Lipinski definition) is 5. The molecular weight excluding hydrogens is 691 g/mol. The van der Waals surface area contributed by atoms with Crippen LogP contribution in [0, 0.1) is 17.9 Å². The van der Waals surface area contributed by atoms with Gasteiger partial charge in [-0.15, -0.1) is 0 Å². The normalized spacial score (nSPS) is 11.8. The van der Waals surface area contributed by atoms with Gasteiger partial charge in [0.15, 0.2) is 17.0 Å². The fourth-order valence-corrected chi connectivity index (χ4v) is 7.91. The topological polar surface area (TPSA) is 85.1 Å². The van der Waals surface area contributed by atoms with Gasteiger partial charge in [0.2, 0.25) is 0 Å². The van der Waals surface area contributed by atoms with Gasteiger partial charge in [-0.2, -0.15) is 5.26 Å². The number of nitrogens with zero attached hydrogens (tertiary/aromatic N) is 5. The molecule has 0 N–H and O–H groups in total. The largest absolute Gasteiger partial charge is 0.456 e. The summed E-state index contributed by atoms with van der Waals surface area (Å²) in [5.41, 5.74) is 14.4. The molecule has 0 saturated carbocycles. The number of imidazole rings is 1. The van der Waals surface area contributed by atoms with Gasteiger partial charge < -0.3 is 8.83 Å². The van der Waals surface area contributed by atoms with Gasteiger partial charge in [0.05, 0.1) is 12.3 Å².